The first-order valence-corrected chi connectivity index (χ1v) is 9.99. The average Bonchev–Trinajstić information content (AvgIpc) is 2.82. The number of nitrogens with zero attached hydrogens (tertiary/aromatic N) is 2. The van der Waals surface area contributed by atoms with E-state index in [1.165, 1.54) is 25.7 Å². The molecule has 3 saturated heterocycles. The predicted molar refractivity (Wildman–Crippen MR) is 94.6 cm³/mol. The van der Waals surface area contributed by atoms with Crippen LogP contribution in [0, 0.1) is 5.41 Å². The molecule has 3 aliphatic rings. The summed E-state index contributed by atoms with van der Waals surface area (Å²) in [7, 11) is 0. The molecule has 3 heterocycles. The van der Waals surface area contributed by atoms with Crippen LogP contribution in [-0.2, 0) is 9.59 Å². The molecule has 136 valence electrons. The van der Waals surface area contributed by atoms with Gasteiger partial charge in [-0.15, -0.1) is 0 Å². The predicted octanol–water partition coefficient (Wildman–Crippen LogP) is 2.16. The quantitative estimate of drug-likeness (QED) is 0.860. The van der Waals surface area contributed by atoms with Gasteiger partial charge in [-0.2, -0.15) is 0 Å². The van der Waals surface area contributed by atoms with Gasteiger partial charge in [-0.05, 0) is 38.6 Å². The summed E-state index contributed by atoms with van der Waals surface area (Å²) in [5.74, 6) is 0.432. The second-order valence-electron chi connectivity index (χ2n) is 7.89. The largest absolute Gasteiger partial charge is 0.343 e. The van der Waals surface area contributed by atoms with Crippen LogP contribution in [0.4, 0.5) is 0 Å². The number of hydrogen-bond donors (Lipinski definition) is 1. The first-order chi connectivity index (χ1) is 11.7. The average molecular weight is 335 g/mol. The summed E-state index contributed by atoms with van der Waals surface area (Å²) in [6.45, 7) is 5.02. The minimum atomic E-state index is -0.492. The monoisotopic (exact) mass is 335 g/mol. The van der Waals surface area contributed by atoms with Gasteiger partial charge in [-0.3, -0.25) is 9.59 Å². The van der Waals surface area contributed by atoms with E-state index in [0.717, 1.165) is 64.8 Å². The van der Waals surface area contributed by atoms with Crippen LogP contribution in [0.25, 0.3) is 0 Å². The Morgan fingerprint density at radius 1 is 0.792 bits per heavy atom. The number of nitrogens with one attached hydrogen (secondary N) is 1. The van der Waals surface area contributed by atoms with Crippen molar-refractivity contribution in [3.05, 3.63) is 0 Å². The molecule has 2 amide bonds. The van der Waals surface area contributed by atoms with Crippen LogP contribution < -0.4 is 5.32 Å². The van der Waals surface area contributed by atoms with Crippen molar-refractivity contribution in [1.29, 1.82) is 0 Å². The Hall–Kier alpha value is -1.10. The Kier molecular flexibility index (Phi) is 6.14. The minimum Gasteiger partial charge on any atom is -0.343 e. The number of carbonyl (C=O) groups excluding carboxylic acids is 2. The van der Waals surface area contributed by atoms with Crippen molar-refractivity contribution in [1.82, 2.24) is 15.1 Å². The van der Waals surface area contributed by atoms with E-state index in [1.54, 1.807) is 0 Å². The van der Waals surface area contributed by atoms with Crippen LogP contribution in [0.15, 0.2) is 0 Å². The molecule has 5 nitrogen and oxygen atoms in total. The van der Waals surface area contributed by atoms with E-state index in [1.807, 2.05) is 4.90 Å². The topological polar surface area (TPSA) is 52.7 Å². The summed E-state index contributed by atoms with van der Waals surface area (Å²) in [6.07, 6.45) is 10.5. The van der Waals surface area contributed by atoms with E-state index in [9.17, 15) is 9.59 Å². The van der Waals surface area contributed by atoms with Crippen LogP contribution in [0.3, 0.4) is 0 Å². The molecule has 0 aromatic heterocycles. The molecule has 3 rings (SSSR count). The van der Waals surface area contributed by atoms with Gasteiger partial charge in [0.05, 0.1) is 5.41 Å². The molecule has 0 radical (unpaired) electrons. The van der Waals surface area contributed by atoms with E-state index in [4.69, 9.17) is 0 Å². The van der Waals surface area contributed by atoms with Crippen molar-refractivity contribution >= 4 is 11.8 Å². The lowest BCUT2D eigenvalue weighted by Gasteiger charge is -2.34. The summed E-state index contributed by atoms with van der Waals surface area (Å²) in [4.78, 5) is 30.2. The van der Waals surface area contributed by atoms with Crippen LogP contribution in [-0.4, -0.2) is 60.9 Å². The molecule has 0 saturated carbocycles. The lowest BCUT2D eigenvalue weighted by Crippen LogP contribution is -2.48. The van der Waals surface area contributed by atoms with Crippen LogP contribution in [0.5, 0.6) is 0 Å². The number of carbonyl (C=O) groups is 2. The Bertz CT molecular complexity index is 430. The maximum Gasteiger partial charge on any atom is 0.230 e. The van der Waals surface area contributed by atoms with Gasteiger partial charge in [-0.25, -0.2) is 0 Å². The molecular weight excluding hydrogens is 302 g/mol. The van der Waals surface area contributed by atoms with Gasteiger partial charge in [0.25, 0.3) is 0 Å². The summed E-state index contributed by atoms with van der Waals surface area (Å²) in [5.41, 5.74) is -0.492. The Labute approximate surface area is 146 Å². The zero-order valence-electron chi connectivity index (χ0n) is 15.0. The maximum atomic E-state index is 13.3. The third-order valence-corrected chi connectivity index (χ3v) is 6.04. The van der Waals surface area contributed by atoms with Gasteiger partial charge in [0.15, 0.2) is 0 Å². The van der Waals surface area contributed by atoms with Crippen molar-refractivity contribution < 1.29 is 9.59 Å². The fraction of sp³-hybridized carbons (Fsp3) is 0.895. The van der Waals surface area contributed by atoms with E-state index >= 15 is 0 Å². The number of amides is 2. The van der Waals surface area contributed by atoms with E-state index < -0.39 is 5.41 Å². The maximum absolute atomic E-state index is 13.3. The van der Waals surface area contributed by atoms with E-state index in [2.05, 4.69) is 10.2 Å². The Morgan fingerprint density at radius 2 is 1.33 bits per heavy atom. The SMILES string of the molecule is O=C(CC1(C(=O)N2CCCCCC2)CCNC1)N1CCCCCC1. The molecule has 1 N–H and O–H groups in total. The van der Waals surface area contributed by atoms with E-state index in [0.29, 0.717) is 13.0 Å². The van der Waals surface area contributed by atoms with Gasteiger partial charge >= 0.3 is 0 Å². The highest BCUT2D eigenvalue weighted by molar-refractivity contribution is 5.89. The molecule has 0 aliphatic carbocycles. The normalized spacial score (nSPS) is 29.2. The molecule has 0 spiro atoms. The Balaban J connectivity index is 1.67. The molecule has 5 heteroatoms. The summed E-state index contributed by atoms with van der Waals surface area (Å²) in [6, 6.07) is 0. The molecule has 1 unspecified atom stereocenters. The smallest absolute Gasteiger partial charge is 0.230 e. The van der Waals surface area contributed by atoms with Crippen molar-refractivity contribution in [3.8, 4) is 0 Å². The zero-order chi connectivity index (χ0) is 16.8. The first kappa shape index (κ1) is 17.7. The second-order valence-corrected chi connectivity index (χ2v) is 7.89. The van der Waals surface area contributed by atoms with E-state index in [-0.39, 0.29) is 11.8 Å². The standard InChI is InChI=1S/C19H33N3O2/c23-17(21-11-5-1-2-6-12-21)15-19(9-10-20-16-19)18(24)22-13-7-3-4-8-14-22/h20H,1-16H2. The van der Waals surface area contributed by atoms with Gasteiger partial charge < -0.3 is 15.1 Å². The summed E-state index contributed by atoms with van der Waals surface area (Å²) >= 11 is 0. The number of rotatable bonds is 3. The van der Waals surface area contributed by atoms with Crippen LogP contribution in [0.1, 0.15) is 64.2 Å². The molecule has 3 aliphatic heterocycles. The van der Waals surface area contributed by atoms with Crippen molar-refractivity contribution in [2.24, 2.45) is 5.41 Å². The summed E-state index contributed by atoms with van der Waals surface area (Å²) < 4.78 is 0. The fourth-order valence-electron chi connectivity index (χ4n) is 4.48. The molecule has 24 heavy (non-hydrogen) atoms. The molecule has 1 atom stereocenters. The summed E-state index contributed by atoms with van der Waals surface area (Å²) in [5, 5.41) is 3.35. The lowest BCUT2D eigenvalue weighted by atomic mass is 9.81. The molecule has 0 aromatic rings. The van der Waals surface area contributed by atoms with Gasteiger partial charge in [0.1, 0.15) is 0 Å². The number of hydrogen-bond acceptors (Lipinski definition) is 3. The van der Waals surface area contributed by atoms with Crippen LogP contribution in [0.2, 0.25) is 0 Å². The van der Waals surface area contributed by atoms with Crippen LogP contribution >= 0.6 is 0 Å². The third-order valence-electron chi connectivity index (χ3n) is 6.04. The lowest BCUT2D eigenvalue weighted by molar-refractivity contribution is -0.147. The third kappa shape index (κ3) is 4.11. The van der Waals surface area contributed by atoms with Crippen molar-refractivity contribution in [3.63, 3.8) is 0 Å². The first-order valence-electron chi connectivity index (χ1n) is 9.99. The van der Waals surface area contributed by atoms with Gasteiger partial charge in [-0.1, -0.05) is 25.7 Å². The van der Waals surface area contributed by atoms with Crippen molar-refractivity contribution in [2.45, 2.75) is 64.2 Å². The highest BCUT2D eigenvalue weighted by atomic mass is 16.2. The number of likely N-dealkylation sites (tertiary alicyclic amines) is 2. The second kappa shape index (κ2) is 8.32. The Morgan fingerprint density at radius 3 is 1.83 bits per heavy atom. The zero-order valence-corrected chi connectivity index (χ0v) is 15.0. The molecule has 0 aromatic carbocycles. The van der Waals surface area contributed by atoms with Crippen molar-refractivity contribution in [2.75, 3.05) is 39.3 Å². The highest BCUT2D eigenvalue weighted by Crippen LogP contribution is 2.34. The van der Waals surface area contributed by atoms with Gasteiger partial charge in [0, 0.05) is 39.1 Å². The fourth-order valence-corrected chi connectivity index (χ4v) is 4.48. The molecule has 0 bridgehead atoms. The highest BCUT2D eigenvalue weighted by Gasteiger charge is 2.45. The van der Waals surface area contributed by atoms with Gasteiger partial charge in [0.2, 0.25) is 11.8 Å². The molecular formula is C19H33N3O2. The minimum absolute atomic E-state index is 0.198. The molecule has 3 fully saturated rings.